The maximum absolute atomic E-state index is 5.55. The molecule has 0 aromatic rings. The largest absolute Gasteiger partial charge is 0.379 e. The van der Waals surface area contributed by atoms with E-state index >= 15 is 0 Å². The number of nitrogens with zero attached hydrogens (tertiary/aromatic N) is 1. The van der Waals surface area contributed by atoms with Gasteiger partial charge in [-0.05, 0) is 31.4 Å². The van der Waals surface area contributed by atoms with Crippen molar-refractivity contribution in [3.05, 3.63) is 0 Å². The summed E-state index contributed by atoms with van der Waals surface area (Å²) in [6.45, 7) is 8.04. The van der Waals surface area contributed by atoms with Gasteiger partial charge >= 0.3 is 0 Å². The summed E-state index contributed by atoms with van der Waals surface area (Å²) in [6.07, 6.45) is 6.10. The maximum Gasteiger partial charge on any atom is 0.191 e. The zero-order chi connectivity index (χ0) is 16.8. The van der Waals surface area contributed by atoms with Gasteiger partial charge in [0.15, 0.2) is 5.96 Å². The first kappa shape index (κ1) is 20.6. The molecule has 1 fully saturated rings. The molecular formula is C17H35N3O2S. The van der Waals surface area contributed by atoms with Crippen LogP contribution in [0.4, 0.5) is 0 Å². The number of hydrogen-bond donors (Lipinski definition) is 2. The van der Waals surface area contributed by atoms with Crippen LogP contribution >= 0.6 is 11.8 Å². The molecule has 2 N–H and O–H groups in total. The highest BCUT2D eigenvalue weighted by Crippen LogP contribution is 2.29. The number of guanidine groups is 1. The molecule has 23 heavy (non-hydrogen) atoms. The first-order chi connectivity index (χ1) is 11.3. The van der Waals surface area contributed by atoms with E-state index < -0.39 is 0 Å². The molecule has 1 saturated carbocycles. The molecule has 0 spiro atoms. The third kappa shape index (κ3) is 10.1. The van der Waals surface area contributed by atoms with Crippen LogP contribution in [-0.4, -0.2) is 63.0 Å². The van der Waals surface area contributed by atoms with Crippen LogP contribution in [0.5, 0.6) is 0 Å². The Morgan fingerprint density at radius 1 is 1.13 bits per heavy atom. The number of ether oxygens (including phenoxy) is 2. The smallest absolute Gasteiger partial charge is 0.191 e. The quantitative estimate of drug-likeness (QED) is 0.323. The van der Waals surface area contributed by atoms with Crippen molar-refractivity contribution < 1.29 is 9.47 Å². The van der Waals surface area contributed by atoms with Gasteiger partial charge in [-0.2, -0.15) is 11.8 Å². The molecule has 0 amide bonds. The topological polar surface area (TPSA) is 54.9 Å². The lowest BCUT2D eigenvalue weighted by Crippen LogP contribution is -2.43. The predicted octanol–water partition coefficient (Wildman–Crippen LogP) is 2.66. The number of rotatable bonds is 12. The lowest BCUT2D eigenvalue weighted by Gasteiger charge is -2.17. The standard InChI is InChI=1S/C17H35N3O2S/c1-4-6-10-21-12-13-22-11-9-19-17(18-3)20-15-7-8-16(14-15)23-5-2/h15-16H,4-14H2,1-3H3,(H2,18,19,20). The molecule has 2 unspecified atom stereocenters. The third-order valence-electron chi connectivity index (χ3n) is 3.90. The van der Waals surface area contributed by atoms with Gasteiger partial charge in [-0.1, -0.05) is 20.3 Å². The fraction of sp³-hybridized carbons (Fsp3) is 0.941. The Kier molecular flexibility index (Phi) is 12.5. The monoisotopic (exact) mass is 345 g/mol. The summed E-state index contributed by atoms with van der Waals surface area (Å²) in [6, 6.07) is 0.554. The second kappa shape index (κ2) is 13.9. The zero-order valence-corrected chi connectivity index (χ0v) is 15.9. The third-order valence-corrected chi connectivity index (χ3v) is 5.14. The van der Waals surface area contributed by atoms with Crippen molar-refractivity contribution in [2.24, 2.45) is 4.99 Å². The number of unbranched alkanes of at least 4 members (excludes halogenated alkanes) is 1. The van der Waals surface area contributed by atoms with Gasteiger partial charge in [-0.3, -0.25) is 4.99 Å². The van der Waals surface area contributed by atoms with Crippen LogP contribution < -0.4 is 10.6 Å². The SMILES string of the molecule is CCCCOCCOCCNC(=NC)NC1CCC(SCC)C1. The average molecular weight is 346 g/mol. The Morgan fingerprint density at radius 3 is 2.61 bits per heavy atom. The molecule has 2 atom stereocenters. The van der Waals surface area contributed by atoms with Crippen molar-refractivity contribution in [3.63, 3.8) is 0 Å². The van der Waals surface area contributed by atoms with Gasteiger partial charge in [0.2, 0.25) is 0 Å². The summed E-state index contributed by atoms with van der Waals surface area (Å²) in [5, 5.41) is 7.66. The highest BCUT2D eigenvalue weighted by Gasteiger charge is 2.24. The molecule has 0 heterocycles. The molecule has 0 bridgehead atoms. The maximum atomic E-state index is 5.55. The van der Waals surface area contributed by atoms with Crippen molar-refractivity contribution >= 4 is 17.7 Å². The summed E-state index contributed by atoms with van der Waals surface area (Å²) in [5.74, 6) is 2.10. The second-order valence-corrected chi connectivity index (χ2v) is 7.39. The van der Waals surface area contributed by atoms with Gasteiger partial charge in [0.25, 0.3) is 0 Å². The van der Waals surface area contributed by atoms with Gasteiger partial charge in [-0.25, -0.2) is 0 Å². The molecule has 6 heteroatoms. The number of nitrogens with one attached hydrogen (secondary N) is 2. The molecule has 136 valence electrons. The fourth-order valence-electron chi connectivity index (χ4n) is 2.66. The molecular weight excluding hydrogens is 310 g/mol. The summed E-state index contributed by atoms with van der Waals surface area (Å²) in [4.78, 5) is 4.30. The van der Waals surface area contributed by atoms with E-state index in [1.54, 1.807) is 0 Å². The van der Waals surface area contributed by atoms with E-state index in [4.69, 9.17) is 9.47 Å². The van der Waals surface area contributed by atoms with Crippen molar-refractivity contribution in [2.75, 3.05) is 45.8 Å². The molecule has 0 aliphatic heterocycles. The first-order valence-electron chi connectivity index (χ1n) is 9.04. The minimum absolute atomic E-state index is 0.554. The van der Waals surface area contributed by atoms with Gasteiger partial charge < -0.3 is 20.1 Å². The van der Waals surface area contributed by atoms with E-state index in [2.05, 4.69) is 41.2 Å². The summed E-state index contributed by atoms with van der Waals surface area (Å²) in [7, 11) is 1.82. The molecule has 0 aromatic heterocycles. The van der Waals surface area contributed by atoms with E-state index in [0.29, 0.717) is 25.9 Å². The van der Waals surface area contributed by atoms with E-state index in [1.807, 2.05) is 7.05 Å². The molecule has 0 saturated heterocycles. The van der Waals surface area contributed by atoms with Crippen LogP contribution in [0.3, 0.4) is 0 Å². The zero-order valence-electron chi connectivity index (χ0n) is 15.1. The number of aliphatic imine (C=N–C) groups is 1. The van der Waals surface area contributed by atoms with Crippen LogP contribution in [0.2, 0.25) is 0 Å². The van der Waals surface area contributed by atoms with Gasteiger partial charge in [0.1, 0.15) is 0 Å². The van der Waals surface area contributed by atoms with E-state index in [1.165, 1.54) is 31.4 Å². The van der Waals surface area contributed by atoms with E-state index in [-0.39, 0.29) is 0 Å². The average Bonchev–Trinajstić information content (AvgIpc) is 2.99. The normalized spacial score (nSPS) is 21.6. The minimum Gasteiger partial charge on any atom is -0.379 e. The van der Waals surface area contributed by atoms with Crippen LogP contribution in [0, 0.1) is 0 Å². The van der Waals surface area contributed by atoms with Gasteiger partial charge in [-0.15, -0.1) is 0 Å². The molecule has 5 nitrogen and oxygen atoms in total. The first-order valence-corrected chi connectivity index (χ1v) is 10.1. The second-order valence-electron chi connectivity index (χ2n) is 5.81. The summed E-state index contributed by atoms with van der Waals surface area (Å²) in [5.41, 5.74) is 0. The highest BCUT2D eigenvalue weighted by atomic mass is 32.2. The van der Waals surface area contributed by atoms with E-state index in [9.17, 15) is 0 Å². The summed E-state index contributed by atoms with van der Waals surface area (Å²) >= 11 is 2.08. The van der Waals surface area contributed by atoms with Crippen LogP contribution in [-0.2, 0) is 9.47 Å². The molecule has 1 rings (SSSR count). The predicted molar refractivity (Wildman–Crippen MR) is 101 cm³/mol. The highest BCUT2D eigenvalue weighted by molar-refractivity contribution is 7.99. The summed E-state index contributed by atoms with van der Waals surface area (Å²) < 4.78 is 11.0. The lowest BCUT2D eigenvalue weighted by molar-refractivity contribution is 0.0487. The van der Waals surface area contributed by atoms with Crippen molar-refractivity contribution in [3.8, 4) is 0 Å². The van der Waals surface area contributed by atoms with Crippen LogP contribution in [0.1, 0.15) is 46.0 Å². The Bertz CT molecular complexity index is 316. The molecule has 0 aromatic carbocycles. The van der Waals surface area contributed by atoms with E-state index in [0.717, 1.165) is 30.8 Å². The number of hydrogen-bond acceptors (Lipinski definition) is 4. The Morgan fingerprint density at radius 2 is 1.91 bits per heavy atom. The molecule has 1 aliphatic rings. The molecule has 1 aliphatic carbocycles. The fourth-order valence-corrected chi connectivity index (χ4v) is 3.80. The Labute approximate surface area is 146 Å². The van der Waals surface area contributed by atoms with Crippen LogP contribution in [0.25, 0.3) is 0 Å². The minimum atomic E-state index is 0.554. The van der Waals surface area contributed by atoms with Crippen molar-refractivity contribution in [1.29, 1.82) is 0 Å². The Hall–Kier alpha value is -0.460. The number of thioether (sulfide) groups is 1. The van der Waals surface area contributed by atoms with Gasteiger partial charge in [0.05, 0.1) is 19.8 Å². The molecule has 0 radical (unpaired) electrons. The van der Waals surface area contributed by atoms with Crippen LogP contribution in [0.15, 0.2) is 4.99 Å². The lowest BCUT2D eigenvalue weighted by atomic mass is 10.2. The Balaban J connectivity index is 2.00. The van der Waals surface area contributed by atoms with Gasteiger partial charge in [0, 0.05) is 31.5 Å². The van der Waals surface area contributed by atoms with Crippen molar-refractivity contribution in [1.82, 2.24) is 10.6 Å². The van der Waals surface area contributed by atoms with Crippen molar-refractivity contribution in [2.45, 2.75) is 57.2 Å².